The van der Waals surface area contributed by atoms with Gasteiger partial charge in [0.05, 0.1) is 11.8 Å². The van der Waals surface area contributed by atoms with Crippen LogP contribution < -0.4 is 5.56 Å². The molecule has 0 N–H and O–H groups in total. The van der Waals surface area contributed by atoms with Gasteiger partial charge in [0.1, 0.15) is 6.04 Å². The minimum absolute atomic E-state index is 0.133. The molecule has 0 saturated heterocycles. The molecule has 0 saturated carbocycles. The lowest BCUT2D eigenvalue weighted by atomic mass is 10.0. The fraction of sp³-hybridized carbons (Fsp3) is 0.125. The summed E-state index contributed by atoms with van der Waals surface area (Å²) in [7, 11) is 0. The van der Waals surface area contributed by atoms with E-state index in [1.807, 2.05) is 30.3 Å². The Morgan fingerprint density at radius 2 is 1.95 bits per heavy atom. The van der Waals surface area contributed by atoms with Gasteiger partial charge in [0.2, 0.25) is 0 Å². The molecule has 0 aliphatic heterocycles. The first-order valence-corrected chi connectivity index (χ1v) is 7.45. The molecule has 110 valence electrons. The van der Waals surface area contributed by atoms with Crippen LogP contribution in [0, 0.1) is 0 Å². The molecule has 0 aliphatic carbocycles. The second-order valence-corrected chi connectivity index (χ2v) is 5.82. The van der Waals surface area contributed by atoms with Crippen LogP contribution in [-0.4, -0.2) is 20.3 Å². The monoisotopic (exact) mass is 357 g/mol. The van der Waals surface area contributed by atoms with Crippen LogP contribution in [0.3, 0.4) is 0 Å². The van der Waals surface area contributed by atoms with Gasteiger partial charge < -0.3 is 0 Å². The topological polar surface area (TPSA) is 64.8 Å². The molecule has 6 heteroatoms. The van der Waals surface area contributed by atoms with Crippen molar-refractivity contribution in [2.45, 2.75) is 13.0 Å². The summed E-state index contributed by atoms with van der Waals surface area (Å²) in [4.78, 5) is 33.1. The summed E-state index contributed by atoms with van der Waals surface area (Å²) in [6, 6.07) is 10.2. The van der Waals surface area contributed by atoms with E-state index in [4.69, 9.17) is 0 Å². The summed E-state index contributed by atoms with van der Waals surface area (Å²) in [5.74, 6) is -0.133. The molecule has 0 amide bonds. The van der Waals surface area contributed by atoms with Crippen LogP contribution >= 0.6 is 15.9 Å². The summed E-state index contributed by atoms with van der Waals surface area (Å²) in [6.07, 6.45) is 2.94. The number of nitrogens with zero attached hydrogens (tertiary/aromatic N) is 3. The molecule has 2 heterocycles. The first kappa shape index (κ1) is 14.6. The number of aromatic nitrogens is 3. The number of hydrogen-bond donors (Lipinski definition) is 0. The second kappa shape index (κ2) is 5.81. The quantitative estimate of drug-likeness (QED) is 0.722. The van der Waals surface area contributed by atoms with E-state index in [0.717, 1.165) is 10.0 Å². The van der Waals surface area contributed by atoms with E-state index >= 15 is 0 Å². The smallest absolute Gasteiger partial charge is 0.280 e. The number of rotatable bonds is 3. The Morgan fingerprint density at radius 1 is 1.23 bits per heavy atom. The number of carbonyl (C=O) groups is 1. The molecule has 22 heavy (non-hydrogen) atoms. The maximum absolute atomic E-state index is 12.7. The molecule has 3 rings (SSSR count). The van der Waals surface area contributed by atoms with Crippen molar-refractivity contribution in [1.82, 2.24) is 14.5 Å². The lowest BCUT2D eigenvalue weighted by molar-refractivity contribution is -0.119. The molecule has 2 aromatic heterocycles. The highest BCUT2D eigenvalue weighted by Crippen LogP contribution is 2.19. The molecule has 0 bridgehead atoms. The van der Waals surface area contributed by atoms with E-state index in [-0.39, 0.29) is 16.9 Å². The lowest BCUT2D eigenvalue weighted by Crippen LogP contribution is -2.30. The largest absolute Gasteiger partial charge is 0.297 e. The summed E-state index contributed by atoms with van der Waals surface area (Å²) in [5.41, 5.74) is 1.15. The van der Waals surface area contributed by atoms with E-state index in [1.54, 1.807) is 12.3 Å². The van der Waals surface area contributed by atoms with Crippen LogP contribution in [0.4, 0.5) is 0 Å². The summed E-state index contributed by atoms with van der Waals surface area (Å²) >= 11 is 3.30. The Morgan fingerprint density at radius 3 is 2.64 bits per heavy atom. The zero-order valence-corrected chi connectivity index (χ0v) is 13.3. The minimum Gasteiger partial charge on any atom is -0.297 e. The average Bonchev–Trinajstić information content (AvgIpc) is 2.50. The first-order valence-electron chi connectivity index (χ1n) is 6.65. The molecule has 0 spiro atoms. The molecule has 1 atom stereocenters. The third-order valence-corrected chi connectivity index (χ3v) is 3.80. The predicted molar refractivity (Wildman–Crippen MR) is 86.8 cm³/mol. The van der Waals surface area contributed by atoms with E-state index < -0.39 is 6.04 Å². The van der Waals surface area contributed by atoms with Crippen LogP contribution in [-0.2, 0) is 4.79 Å². The van der Waals surface area contributed by atoms with Gasteiger partial charge in [0, 0.05) is 10.7 Å². The van der Waals surface area contributed by atoms with Gasteiger partial charge in [0.25, 0.3) is 5.56 Å². The summed E-state index contributed by atoms with van der Waals surface area (Å²) in [5, 5.41) is 0. The molecular formula is C16H12BrN3O2. The van der Waals surface area contributed by atoms with Gasteiger partial charge in [-0.05, 0) is 34.5 Å². The Bertz CT molecular complexity index is 906. The minimum atomic E-state index is -0.698. The van der Waals surface area contributed by atoms with Crippen molar-refractivity contribution in [3.05, 3.63) is 69.3 Å². The zero-order chi connectivity index (χ0) is 15.7. The molecule has 3 aromatic rings. The van der Waals surface area contributed by atoms with Crippen LogP contribution in [0.15, 0.2) is 58.2 Å². The van der Waals surface area contributed by atoms with Crippen molar-refractivity contribution in [3.8, 4) is 0 Å². The van der Waals surface area contributed by atoms with Gasteiger partial charge in [-0.15, -0.1) is 0 Å². The lowest BCUT2D eigenvalue weighted by Gasteiger charge is -2.17. The standard InChI is InChI=1S/C16H12BrN3O2/c1-10(21)15(11-5-3-2-4-6-11)20-9-19-13-7-12(17)8-18-14(13)16(20)22/h2-9,15H,1H3. The van der Waals surface area contributed by atoms with Gasteiger partial charge in [-0.1, -0.05) is 30.3 Å². The molecule has 0 radical (unpaired) electrons. The Hall–Kier alpha value is -2.34. The van der Waals surface area contributed by atoms with Gasteiger partial charge >= 0.3 is 0 Å². The van der Waals surface area contributed by atoms with Crippen molar-refractivity contribution < 1.29 is 4.79 Å². The number of benzene rings is 1. The maximum Gasteiger partial charge on any atom is 0.280 e. The number of Topliss-reactive ketones (excluding diaryl/α,β-unsaturated/α-hetero) is 1. The Kier molecular flexibility index (Phi) is 3.85. The van der Waals surface area contributed by atoms with Gasteiger partial charge in [0.15, 0.2) is 11.3 Å². The van der Waals surface area contributed by atoms with Crippen LogP contribution in [0.5, 0.6) is 0 Å². The molecule has 5 nitrogen and oxygen atoms in total. The Balaban J connectivity index is 2.23. The molecule has 0 aliphatic rings. The number of fused-ring (bicyclic) bond motifs is 1. The number of pyridine rings is 1. The van der Waals surface area contributed by atoms with Crippen molar-refractivity contribution in [2.24, 2.45) is 0 Å². The predicted octanol–water partition coefficient (Wildman–Crippen LogP) is 2.73. The number of ketones is 1. The fourth-order valence-electron chi connectivity index (χ4n) is 2.40. The third kappa shape index (κ3) is 2.57. The van der Waals surface area contributed by atoms with Crippen LogP contribution in [0.2, 0.25) is 0 Å². The Labute approximate surface area is 134 Å². The maximum atomic E-state index is 12.7. The second-order valence-electron chi connectivity index (χ2n) is 4.90. The van der Waals surface area contributed by atoms with Crippen molar-refractivity contribution in [2.75, 3.05) is 0 Å². The van der Waals surface area contributed by atoms with Crippen molar-refractivity contribution in [3.63, 3.8) is 0 Å². The highest BCUT2D eigenvalue weighted by molar-refractivity contribution is 9.10. The van der Waals surface area contributed by atoms with E-state index in [2.05, 4.69) is 25.9 Å². The number of hydrogen-bond acceptors (Lipinski definition) is 4. The molecule has 1 unspecified atom stereocenters. The third-order valence-electron chi connectivity index (χ3n) is 3.37. The highest BCUT2D eigenvalue weighted by Gasteiger charge is 2.21. The normalized spacial score (nSPS) is 12.3. The highest BCUT2D eigenvalue weighted by atomic mass is 79.9. The average molecular weight is 358 g/mol. The van der Waals surface area contributed by atoms with Crippen LogP contribution in [0.1, 0.15) is 18.5 Å². The van der Waals surface area contributed by atoms with Crippen LogP contribution in [0.25, 0.3) is 11.0 Å². The van der Waals surface area contributed by atoms with Gasteiger partial charge in [-0.3, -0.25) is 14.2 Å². The first-order chi connectivity index (χ1) is 10.6. The molecule has 0 fully saturated rings. The zero-order valence-electron chi connectivity index (χ0n) is 11.7. The molecule has 1 aromatic carbocycles. The van der Waals surface area contributed by atoms with E-state index in [1.165, 1.54) is 17.8 Å². The van der Waals surface area contributed by atoms with Gasteiger partial charge in [-0.2, -0.15) is 0 Å². The molecular weight excluding hydrogens is 346 g/mol. The fourth-order valence-corrected chi connectivity index (χ4v) is 2.72. The van der Waals surface area contributed by atoms with E-state index in [9.17, 15) is 9.59 Å². The summed E-state index contributed by atoms with van der Waals surface area (Å²) in [6.45, 7) is 1.46. The number of halogens is 1. The van der Waals surface area contributed by atoms with Crippen molar-refractivity contribution in [1.29, 1.82) is 0 Å². The van der Waals surface area contributed by atoms with E-state index in [0.29, 0.717) is 5.52 Å². The SMILES string of the molecule is CC(=O)C(c1ccccc1)n1cnc2cc(Br)cnc2c1=O. The van der Waals surface area contributed by atoms with Crippen molar-refractivity contribution >= 4 is 32.7 Å². The number of carbonyl (C=O) groups excluding carboxylic acids is 1. The van der Waals surface area contributed by atoms with Gasteiger partial charge in [-0.25, -0.2) is 9.97 Å². The summed E-state index contributed by atoms with van der Waals surface area (Å²) < 4.78 is 2.08.